The Morgan fingerprint density at radius 3 is 2.28 bits per heavy atom. The molecular formula is C11H11FN2O4. The minimum Gasteiger partial charge on any atom is -0.480 e. The number of carbonyl (C=O) groups is 2. The van der Waals surface area contributed by atoms with E-state index >= 15 is 0 Å². The average Bonchev–Trinajstić information content (AvgIpc) is 2.26. The maximum Gasteiger partial charge on any atom is 0.324 e. The summed E-state index contributed by atoms with van der Waals surface area (Å²) >= 11 is 0. The molecule has 0 saturated carbocycles. The summed E-state index contributed by atoms with van der Waals surface area (Å²) < 4.78 is 13.2. The molecule has 6 nitrogen and oxygen atoms in total. The lowest BCUT2D eigenvalue weighted by atomic mass is 10.2. The second-order valence-electron chi connectivity index (χ2n) is 3.38. The minimum absolute atomic E-state index is 0.151. The van der Waals surface area contributed by atoms with Gasteiger partial charge in [0.1, 0.15) is 18.9 Å². The van der Waals surface area contributed by atoms with Gasteiger partial charge < -0.3 is 10.2 Å². The molecule has 1 aromatic rings. The van der Waals surface area contributed by atoms with E-state index in [2.05, 4.69) is 5.10 Å². The number of hydrazone groups is 1. The van der Waals surface area contributed by atoms with Crippen molar-refractivity contribution in [2.75, 3.05) is 13.1 Å². The van der Waals surface area contributed by atoms with Crippen molar-refractivity contribution < 1.29 is 24.2 Å². The van der Waals surface area contributed by atoms with Gasteiger partial charge in [0.25, 0.3) is 0 Å². The highest BCUT2D eigenvalue weighted by atomic mass is 19.1. The van der Waals surface area contributed by atoms with Gasteiger partial charge in [-0.3, -0.25) is 14.6 Å². The standard InChI is InChI=1S/C11H11FN2O4/c12-9-4-2-1-3-8(9)5-13-14(6-10(15)16)7-11(17)18/h1-5H,6-7H2,(H,15,16)(H,17,18)/b13-5-. The van der Waals surface area contributed by atoms with Crippen LogP contribution in [0.3, 0.4) is 0 Å². The number of carboxylic acid groups (broad SMARTS) is 2. The predicted octanol–water partition coefficient (Wildman–Crippen LogP) is 0.631. The fraction of sp³-hybridized carbons (Fsp3) is 0.182. The number of aliphatic carboxylic acids is 2. The Kier molecular flexibility index (Phi) is 4.79. The Morgan fingerprint density at radius 1 is 1.22 bits per heavy atom. The Hall–Kier alpha value is -2.44. The van der Waals surface area contributed by atoms with Crippen molar-refractivity contribution in [3.8, 4) is 0 Å². The molecule has 1 rings (SSSR count). The molecule has 0 amide bonds. The molecule has 0 atom stereocenters. The molecule has 0 spiro atoms. The lowest BCUT2D eigenvalue weighted by Crippen LogP contribution is -2.30. The van der Waals surface area contributed by atoms with Crippen LogP contribution in [0.5, 0.6) is 0 Å². The largest absolute Gasteiger partial charge is 0.480 e. The van der Waals surface area contributed by atoms with Crippen molar-refractivity contribution in [3.63, 3.8) is 0 Å². The predicted molar refractivity (Wildman–Crippen MR) is 60.8 cm³/mol. The Labute approximate surface area is 102 Å². The van der Waals surface area contributed by atoms with Crippen molar-refractivity contribution in [1.29, 1.82) is 0 Å². The summed E-state index contributed by atoms with van der Waals surface area (Å²) in [6.45, 7) is -1.14. The van der Waals surface area contributed by atoms with Gasteiger partial charge in [0.05, 0.1) is 6.21 Å². The van der Waals surface area contributed by atoms with E-state index < -0.39 is 30.8 Å². The maximum absolute atomic E-state index is 13.2. The molecule has 0 aliphatic carbocycles. The molecule has 2 N–H and O–H groups in total. The van der Waals surface area contributed by atoms with E-state index in [1.165, 1.54) is 18.2 Å². The lowest BCUT2D eigenvalue weighted by Gasteiger charge is -2.13. The average molecular weight is 254 g/mol. The second-order valence-corrected chi connectivity index (χ2v) is 3.38. The van der Waals surface area contributed by atoms with Crippen molar-refractivity contribution in [2.45, 2.75) is 0 Å². The first-order valence-corrected chi connectivity index (χ1v) is 4.96. The number of hydrogen-bond donors (Lipinski definition) is 2. The molecular weight excluding hydrogens is 243 g/mol. The zero-order valence-corrected chi connectivity index (χ0v) is 9.28. The minimum atomic E-state index is -1.22. The van der Waals surface area contributed by atoms with Gasteiger partial charge in [-0.15, -0.1) is 0 Å². The van der Waals surface area contributed by atoms with Crippen molar-refractivity contribution >= 4 is 18.2 Å². The Bertz CT molecular complexity index is 460. The summed E-state index contributed by atoms with van der Waals surface area (Å²) in [7, 11) is 0. The highest BCUT2D eigenvalue weighted by Crippen LogP contribution is 2.03. The van der Waals surface area contributed by atoms with Gasteiger partial charge in [0, 0.05) is 5.56 Å². The fourth-order valence-corrected chi connectivity index (χ4v) is 1.17. The van der Waals surface area contributed by atoms with Gasteiger partial charge in [0.2, 0.25) is 0 Å². The van der Waals surface area contributed by atoms with E-state index in [1.807, 2.05) is 0 Å². The highest BCUT2D eigenvalue weighted by molar-refractivity contribution is 5.80. The smallest absolute Gasteiger partial charge is 0.324 e. The molecule has 96 valence electrons. The molecule has 1 aromatic carbocycles. The molecule has 0 aromatic heterocycles. The molecule has 18 heavy (non-hydrogen) atoms. The highest BCUT2D eigenvalue weighted by Gasteiger charge is 2.10. The number of hydrogen-bond acceptors (Lipinski definition) is 4. The van der Waals surface area contributed by atoms with Crippen molar-refractivity contribution in [3.05, 3.63) is 35.6 Å². The van der Waals surface area contributed by atoms with E-state index in [9.17, 15) is 14.0 Å². The van der Waals surface area contributed by atoms with Crippen LogP contribution < -0.4 is 0 Å². The molecule has 0 heterocycles. The van der Waals surface area contributed by atoms with Crippen molar-refractivity contribution in [1.82, 2.24) is 5.01 Å². The van der Waals surface area contributed by atoms with E-state index in [0.29, 0.717) is 0 Å². The van der Waals surface area contributed by atoms with Gasteiger partial charge in [0.15, 0.2) is 0 Å². The normalized spacial score (nSPS) is 10.5. The third-order valence-corrected chi connectivity index (χ3v) is 1.90. The van der Waals surface area contributed by atoms with E-state index in [0.717, 1.165) is 11.2 Å². The summed E-state index contributed by atoms with van der Waals surface area (Å²) in [5.41, 5.74) is 0.151. The van der Waals surface area contributed by atoms with Gasteiger partial charge in [-0.25, -0.2) is 4.39 Å². The number of rotatable bonds is 6. The van der Waals surface area contributed by atoms with Crippen LogP contribution in [0.2, 0.25) is 0 Å². The summed E-state index contributed by atoms with van der Waals surface area (Å²) in [5.74, 6) is -2.96. The van der Waals surface area contributed by atoms with Crippen LogP contribution in [0.15, 0.2) is 29.4 Å². The van der Waals surface area contributed by atoms with Crippen LogP contribution in [0.25, 0.3) is 0 Å². The van der Waals surface area contributed by atoms with Crippen LogP contribution in [-0.4, -0.2) is 46.5 Å². The van der Waals surface area contributed by atoms with Gasteiger partial charge in [-0.1, -0.05) is 18.2 Å². The first-order valence-electron chi connectivity index (χ1n) is 4.96. The summed E-state index contributed by atoms with van der Waals surface area (Å²) in [4.78, 5) is 21.0. The van der Waals surface area contributed by atoms with Crippen LogP contribution in [0.4, 0.5) is 4.39 Å². The molecule has 0 bridgehead atoms. The maximum atomic E-state index is 13.2. The molecule has 0 aliphatic heterocycles. The fourth-order valence-electron chi connectivity index (χ4n) is 1.17. The molecule has 0 unspecified atom stereocenters. The lowest BCUT2D eigenvalue weighted by molar-refractivity contribution is -0.141. The van der Waals surface area contributed by atoms with Crippen LogP contribution in [0, 0.1) is 5.82 Å². The van der Waals surface area contributed by atoms with Crippen molar-refractivity contribution in [2.24, 2.45) is 5.10 Å². The quantitative estimate of drug-likeness (QED) is 0.574. The molecule has 0 fully saturated rings. The summed E-state index contributed by atoms with van der Waals surface area (Å²) in [6.07, 6.45) is 1.08. The number of benzene rings is 1. The third kappa shape index (κ3) is 4.60. The van der Waals surface area contributed by atoms with E-state index in [1.54, 1.807) is 6.07 Å². The number of nitrogens with zero attached hydrogens (tertiary/aromatic N) is 2. The topological polar surface area (TPSA) is 90.2 Å². The third-order valence-electron chi connectivity index (χ3n) is 1.90. The zero-order chi connectivity index (χ0) is 13.5. The first-order chi connectivity index (χ1) is 8.49. The van der Waals surface area contributed by atoms with Gasteiger partial charge >= 0.3 is 11.9 Å². The van der Waals surface area contributed by atoms with Gasteiger partial charge in [-0.05, 0) is 6.07 Å². The summed E-state index contributed by atoms with van der Waals surface area (Å²) in [6, 6.07) is 5.75. The molecule has 0 saturated heterocycles. The SMILES string of the molecule is O=C(O)CN(CC(=O)O)/N=C\c1ccccc1F. The van der Waals surface area contributed by atoms with Crippen LogP contribution in [-0.2, 0) is 9.59 Å². The number of halogens is 1. The monoisotopic (exact) mass is 254 g/mol. The van der Waals surface area contributed by atoms with Crippen LogP contribution >= 0.6 is 0 Å². The van der Waals surface area contributed by atoms with E-state index in [-0.39, 0.29) is 5.56 Å². The summed E-state index contributed by atoms with van der Waals surface area (Å²) in [5, 5.41) is 21.6. The second kappa shape index (κ2) is 6.33. The molecule has 0 aliphatic rings. The van der Waals surface area contributed by atoms with E-state index in [4.69, 9.17) is 10.2 Å². The first kappa shape index (κ1) is 13.6. The Morgan fingerprint density at radius 2 is 1.78 bits per heavy atom. The molecule has 0 radical (unpaired) electrons. The van der Waals surface area contributed by atoms with Crippen LogP contribution in [0.1, 0.15) is 5.56 Å². The number of carboxylic acids is 2. The Balaban J connectivity index is 2.79. The van der Waals surface area contributed by atoms with Gasteiger partial charge in [-0.2, -0.15) is 5.10 Å². The molecule has 7 heteroatoms. The zero-order valence-electron chi connectivity index (χ0n) is 9.28.